The van der Waals surface area contributed by atoms with E-state index in [9.17, 15) is 13.2 Å². The Morgan fingerprint density at radius 1 is 1.19 bits per heavy atom. The van der Waals surface area contributed by atoms with Crippen LogP contribution in [0.3, 0.4) is 0 Å². The van der Waals surface area contributed by atoms with Gasteiger partial charge >= 0.3 is 6.18 Å². The zero-order valence-corrected chi connectivity index (χ0v) is 12.8. The number of likely N-dealkylation sites (tertiary alicyclic amines) is 1. The number of hydrogen-bond acceptors (Lipinski definition) is 2. The van der Waals surface area contributed by atoms with Crippen molar-refractivity contribution in [2.45, 2.75) is 24.4 Å². The molecular weight excluding hydrogens is 301 g/mol. The Morgan fingerprint density at radius 3 is 2.29 bits per heavy atom. The van der Waals surface area contributed by atoms with Crippen LogP contribution in [0.25, 0.3) is 0 Å². The van der Waals surface area contributed by atoms with Gasteiger partial charge in [-0.25, -0.2) is 0 Å². The third-order valence-electron chi connectivity index (χ3n) is 4.19. The summed E-state index contributed by atoms with van der Waals surface area (Å²) in [6.07, 6.45) is -2.49. The molecule has 0 bridgehead atoms. The van der Waals surface area contributed by atoms with Crippen LogP contribution < -0.4 is 5.32 Å². The Balaban J connectivity index is 2.13. The maximum Gasteiger partial charge on any atom is 0.401 e. The summed E-state index contributed by atoms with van der Waals surface area (Å²) < 4.78 is 37.1. The number of halogens is 4. The lowest BCUT2D eigenvalue weighted by Gasteiger charge is -2.41. The van der Waals surface area contributed by atoms with E-state index in [0.29, 0.717) is 11.6 Å². The lowest BCUT2D eigenvalue weighted by Crippen LogP contribution is -2.48. The quantitative estimate of drug-likeness (QED) is 0.914. The number of nitrogens with zero attached hydrogens (tertiary/aromatic N) is 1. The number of nitrogens with one attached hydrogen (secondary N) is 1. The summed E-state index contributed by atoms with van der Waals surface area (Å²) in [7, 11) is 2.04. The van der Waals surface area contributed by atoms with E-state index in [-0.39, 0.29) is 5.41 Å². The van der Waals surface area contributed by atoms with Gasteiger partial charge in [0, 0.05) is 17.0 Å². The summed E-state index contributed by atoms with van der Waals surface area (Å²) in [4.78, 5) is 2.21. The molecule has 2 rings (SSSR count). The SMILES string of the molecule is CN1CCC(CNCC(F)(F)F)(c2ccc(Cl)cc2)CC1. The molecular formula is C15H20ClF3N2. The van der Waals surface area contributed by atoms with E-state index in [1.807, 2.05) is 19.2 Å². The van der Waals surface area contributed by atoms with Crippen LogP contribution in [0, 0.1) is 0 Å². The van der Waals surface area contributed by atoms with Crippen LogP contribution >= 0.6 is 11.6 Å². The highest BCUT2D eigenvalue weighted by Crippen LogP contribution is 2.35. The number of rotatable bonds is 4. The van der Waals surface area contributed by atoms with Gasteiger partial charge in [0.15, 0.2) is 0 Å². The zero-order chi connectivity index (χ0) is 15.5. The first-order chi connectivity index (χ1) is 9.81. The van der Waals surface area contributed by atoms with Crippen molar-refractivity contribution in [3.63, 3.8) is 0 Å². The predicted octanol–water partition coefficient (Wildman–Crippen LogP) is 3.46. The third-order valence-corrected chi connectivity index (χ3v) is 4.44. The van der Waals surface area contributed by atoms with Gasteiger partial charge in [-0.1, -0.05) is 23.7 Å². The van der Waals surface area contributed by atoms with Gasteiger partial charge in [0.2, 0.25) is 0 Å². The zero-order valence-electron chi connectivity index (χ0n) is 12.0. The summed E-state index contributed by atoms with van der Waals surface area (Å²) in [5, 5.41) is 3.23. The Hall–Kier alpha value is -0.780. The molecule has 0 amide bonds. The monoisotopic (exact) mass is 320 g/mol. The number of benzene rings is 1. The Labute approximate surface area is 128 Å². The highest BCUT2D eigenvalue weighted by molar-refractivity contribution is 6.30. The Morgan fingerprint density at radius 2 is 1.76 bits per heavy atom. The van der Waals surface area contributed by atoms with E-state index in [0.717, 1.165) is 31.5 Å². The van der Waals surface area contributed by atoms with Crippen LogP contribution in [0.15, 0.2) is 24.3 Å². The van der Waals surface area contributed by atoms with Crippen molar-refractivity contribution in [2.75, 3.05) is 33.2 Å². The van der Waals surface area contributed by atoms with Crippen molar-refractivity contribution < 1.29 is 13.2 Å². The minimum atomic E-state index is -4.17. The molecule has 0 spiro atoms. The summed E-state index contributed by atoms with van der Waals surface area (Å²) in [6.45, 7) is 1.16. The van der Waals surface area contributed by atoms with Crippen molar-refractivity contribution in [1.82, 2.24) is 10.2 Å². The van der Waals surface area contributed by atoms with Crippen molar-refractivity contribution in [1.29, 1.82) is 0 Å². The highest BCUT2D eigenvalue weighted by Gasteiger charge is 2.36. The maximum absolute atomic E-state index is 12.4. The molecule has 1 heterocycles. The van der Waals surface area contributed by atoms with Gasteiger partial charge in [-0.15, -0.1) is 0 Å². The van der Waals surface area contributed by atoms with Crippen LogP contribution in [0.1, 0.15) is 18.4 Å². The molecule has 1 aliphatic rings. The average molecular weight is 321 g/mol. The molecule has 0 saturated carbocycles. The van der Waals surface area contributed by atoms with Gasteiger partial charge in [0.25, 0.3) is 0 Å². The largest absolute Gasteiger partial charge is 0.401 e. The number of hydrogen-bond donors (Lipinski definition) is 1. The van der Waals surface area contributed by atoms with E-state index in [1.54, 1.807) is 12.1 Å². The fourth-order valence-electron chi connectivity index (χ4n) is 2.86. The predicted molar refractivity (Wildman–Crippen MR) is 78.8 cm³/mol. The standard InChI is InChI=1S/C15H20ClF3N2/c1-21-8-6-14(7-9-21,10-20-11-15(17,18)19)12-2-4-13(16)5-3-12/h2-5,20H,6-11H2,1H3. The van der Waals surface area contributed by atoms with Crippen molar-refractivity contribution in [2.24, 2.45) is 0 Å². The second-order valence-corrected chi connectivity index (χ2v) is 6.25. The molecule has 0 aromatic heterocycles. The summed E-state index contributed by atoms with van der Waals surface area (Å²) in [5.74, 6) is 0. The van der Waals surface area contributed by atoms with E-state index < -0.39 is 12.7 Å². The molecule has 1 N–H and O–H groups in total. The molecule has 21 heavy (non-hydrogen) atoms. The second kappa shape index (κ2) is 6.55. The molecule has 1 aliphatic heterocycles. The molecule has 0 radical (unpaired) electrons. The molecule has 6 heteroatoms. The van der Waals surface area contributed by atoms with E-state index in [1.165, 1.54) is 0 Å². The smallest absolute Gasteiger partial charge is 0.308 e. The number of piperidine rings is 1. The number of alkyl halides is 3. The molecule has 1 aromatic carbocycles. The van der Waals surface area contributed by atoms with Crippen LogP contribution in [-0.4, -0.2) is 44.3 Å². The second-order valence-electron chi connectivity index (χ2n) is 5.81. The van der Waals surface area contributed by atoms with Crippen LogP contribution in [0.2, 0.25) is 5.02 Å². The molecule has 2 nitrogen and oxygen atoms in total. The summed E-state index contributed by atoms with van der Waals surface area (Å²) in [6, 6.07) is 7.48. The van der Waals surface area contributed by atoms with Gasteiger partial charge < -0.3 is 10.2 Å². The molecule has 1 fully saturated rings. The lowest BCUT2D eigenvalue weighted by atomic mass is 9.72. The van der Waals surface area contributed by atoms with E-state index in [4.69, 9.17) is 11.6 Å². The summed E-state index contributed by atoms with van der Waals surface area (Å²) >= 11 is 5.91. The first kappa shape index (κ1) is 16.6. The first-order valence-electron chi connectivity index (χ1n) is 7.03. The molecule has 1 saturated heterocycles. The molecule has 0 atom stereocenters. The van der Waals surface area contributed by atoms with Crippen molar-refractivity contribution >= 4 is 11.6 Å². The van der Waals surface area contributed by atoms with Crippen LogP contribution in [0.5, 0.6) is 0 Å². The molecule has 0 unspecified atom stereocenters. The van der Waals surface area contributed by atoms with Crippen molar-refractivity contribution in [3.8, 4) is 0 Å². The Bertz CT molecular complexity index is 451. The maximum atomic E-state index is 12.4. The molecule has 1 aromatic rings. The minimum absolute atomic E-state index is 0.248. The van der Waals surface area contributed by atoms with Gasteiger partial charge in [-0.05, 0) is 50.7 Å². The van der Waals surface area contributed by atoms with E-state index >= 15 is 0 Å². The summed E-state index contributed by atoms with van der Waals surface area (Å²) in [5.41, 5.74) is 0.817. The third kappa shape index (κ3) is 4.59. The van der Waals surface area contributed by atoms with Gasteiger partial charge in [-0.2, -0.15) is 13.2 Å². The molecule has 0 aliphatic carbocycles. The minimum Gasteiger partial charge on any atom is -0.308 e. The fourth-order valence-corrected chi connectivity index (χ4v) is 2.99. The van der Waals surface area contributed by atoms with E-state index in [2.05, 4.69) is 10.2 Å². The van der Waals surface area contributed by atoms with Gasteiger partial charge in [0.1, 0.15) is 0 Å². The lowest BCUT2D eigenvalue weighted by molar-refractivity contribution is -0.125. The fraction of sp³-hybridized carbons (Fsp3) is 0.600. The topological polar surface area (TPSA) is 15.3 Å². The van der Waals surface area contributed by atoms with Crippen LogP contribution in [0.4, 0.5) is 13.2 Å². The normalized spacial score (nSPS) is 19.7. The first-order valence-corrected chi connectivity index (χ1v) is 7.41. The van der Waals surface area contributed by atoms with Crippen LogP contribution in [-0.2, 0) is 5.41 Å². The Kier molecular flexibility index (Phi) is 5.17. The highest BCUT2D eigenvalue weighted by atomic mass is 35.5. The van der Waals surface area contributed by atoms with Crippen molar-refractivity contribution in [3.05, 3.63) is 34.9 Å². The van der Waals surface area contributed by atoms with Gasteiger partial charge in [0.05, 0.1) is 6.54 Å². The van der Waals surface area contributed by atoms with Gasteiger partial charge in [-0.3, -0.25) is 0 Å². The molecule has 118 valence electrons. The average Bonchev–Trinajstić information content (AvgIpc) is 2.41.